The minimum absolute atomic E-state index is 0.235. The van der Waals surface area contributed by atoms with E-state index in [9.17, 15) is 9.59 Å². The Morgan fingerprint density at radius 2 is 1.81 bits per heavy atom. The summed E-state index contributed by atoms with van der Waals surface area (Å²) in [5.74, 6) is -0.247. The maximum Gasteiger partial charge on any atom is 0.341 e. The molecule has 0 spiro atoms. The first-order valence-electron chi connectivity index (χ1n) is 9.81. The molecular formula is C21H33NO5. The summed E-state index contributed by atoms with van der Waals surface area (Å²) in [6.07, 6.45) is 3.32. The van der Waals surface area contributed by atoms with Gasteiger partial charge in [0.1, 0.15) is 16.9 Å². The van der Waals surface area contributed by atoms with Crippen LogP contribution in [0.5, 0.6) is 5.75 Å². The van der Waals surface area contributed by atoms with Gasteiger partial charge in [0.2, 0.25) is 0 Å². The minimum Gasteiger partial charge on any atom is -0.493 e. The molecule has 1 unspecified atom stereocenters. The van der Waals surface area contributed by atoms with Gasteiger partial charge in [0, 0.05) is 12.3 Å². The van der Waals surface area contributed by atoms with E-state index in [1.165, 1.54) is 0 Å². The van der Waals surface area contributed by atoms with E-state index in [-0.39, 0.29) is 12.5 Å². The topological polar surface area (TPSA) is 73.9 Å². The lowest BCUT2D eigenvalue weighted by Gasteiger charge is -2.28. The van der Waals surface area contributed by atoms with Gasteiger partial charge in [-0.2, -0.15) is 0 Å². The molecule has 0 aromatic heterocycles. The van der Waals surface area contributed by atoms with Crippen LogP contribution in [-0.2, 0) is 14.3 Å². The van der Waals surface area contributed by atoms with E-state index in [4.69, 9.17) is 14.2 Å². The molecule has 0 aliphatic carbocycles. The number of carbonyl (C=O) groups is 2. The van der Waals surface area contributed by atoms with Crippen molar-refractivity contribution in [3.63, 3.8) is 0 Å². The molecule has 1 amide bonds. The maximum absolute atomic E-state index is 12.7. The van der Waals surface area contributed by atoms with Gasteiger partial charge in [-0.3, -0.25) is 4.79 Å². The van der Waals surface area contributed by atoms with Crippen LogP contribution < -0.4 is 10.1 Å². The standard InChI is InChI=1S/C21H33NO5/c1-6-10-14-26-18-12-11-16(15-17(18)19(23)25-8-3)22-20(24)21(5,13-7-2)27-9-4/h11-12,15H,6-10,13-14H2,1-5H3,(H,22,24). The summed E-state index contributed by atoms with van der Waals surface area (Å²) >= 11 is 0. The first-order valence-corrected chi connectivity index (χ1v) is 9.81. The minimum atomic E-state index is -0.913. The Bertz CT molecular complexity index is 609. The monoisotopic (exact) mass is 379 g/mol. The lowest BCUT2D eigenvalue weighted by molar-refractivity contribution is -0.139. The Balaban J connectivity index is 3.05. The van der Waals surface area contributed by atoms with Gasteiger partial charge in [-0.05, 0) is 51.8 Å². The van der Waals surface area contributed by atoms with Crippen LogP contribution >= 0.6 is 0 Å². The highest BCUT2D eigenvalue weighted by atomic mass is 16.5. The molecule has 1 aromatic carbocycles. The van der Waals surface area contributed by atoms with Crippen molar-refractivity contribution in [1.29, 1.82) is 0 Å². The molecule has 1 aromatic rings. The molecule has 0 aliphatic heterocycles. The largest absolute Gasteiger partial charge is 0.493 e. The highest BCUT2D eigenvalue weighted by molar-refractivity contribution is 5.99. The van der Waals surface area contributed by atoms with Gasteiger partial charge in [0.05, 0.1) is 13.2 Å². The second-order valence-electron chi connectivity index (χ2n) is 6.50. The first-order chi connectivity index (χ1) is 12.9. The molecule has 1 N–H and O–H groups in total. The van der Waals surface area contributed by atoms with E-state index in [1.54, 1.807) is 32.0 Å². The summed E-state index contributed by atoms with van der Waals surface area (Å²) in [4.78, 5) is 25.0. The van der Waals surface area contributed by atoms with Crippen LogP contribution in [-0.4, -0.2) is 37.3 Å². The molecule has 0 heterocycles. The zero-order valence-corrected chi connectivity index (χ0v) is 17.2. The van der Waals surface area contributed by atoms with E-state index in [1.807, 2.05) is 13.8 Å². The first kappa shape index (κ1) is 23.0. The molecule has 0 fully saturated rings. The number of unbranched alkanes of at least 4 members (excludes halogenated alkanes) is 1. The van der Waals surface area contributed by atoms with Crippen molar-refractivity contribution >= 4 is 17.6 Å². The Kier molecular flexibility index (Phi) is 9.86. The third-order valence-electron chi connectivity index (χ3n) is 4.16. The summed E-state index contributed by atoms with van der Waals surface area (Å²) in [5, 5.41) is 2.86. The summed E-state index contributed by atoms with van der Waals surface area (Å²) in [6, 6.07) is 5.01. The maximum atomic E-state index is 12.7. The number of amides is 1. The average molecular weight is 379 g/mol. The zero-order valence-electron chi connectivity index (χ0n) is 17.2. The predicted molar refractivity (Wildman–Crippen MR) is 106 cm³/mol. The van der Waals surface area contributed by atoms with Crippen molar-refractivity contribution in [1.82, 2.24) is 0 Å². The smallest absolute Gasteiger partial charge is 0.341 e. The van der Waals surface area contributed by atoms with Gasteiger partial charge in [-0.15, -0.1) is 0 Å². The fraction of sp³-hybridized carbons (Fsp3) is 0.619. The molecule has 0 radical (unpaired) electrons. The number of rotatable bonds is 12. The number of carbonyl (C=O) groups excluding carboxylic acids is 2. The lowest BCUT2D eigenvalue weighted by Crippen LogP contribution is -2.42. The number of anilines is 1. The quantitative estimate of drug-likeness (QED) is 0.425. The molecule has 1 atom stereocenters. The van der Waals surface area contributed by atoms with Gasteiger partial charge in [0.25, 0.3) is 5.91 Å². The Labute approximate surface area is 162 Å². The normalized spacial score (nSPS) is 12.9. The van der Waals surface area contributed by atoms with E-state index in [0.29, 0.717) is 36.6 Å². The number of hydrogen-bond donors (Lipinski definition) is 1. The summed E-state index contributed by atoms with van der Waals surface area (Å²) in [7, 11) is 0. The molecule has 6 heteroatoms. The molecule has 152 valence electrons. The van der Waals surface area contributed by atoms with Gasteiger partial charge < -0.3 is 19.5 Å². The third-order valence-corrected chi connectivity index (χ3v) is 4.16. The number of hydrogen-bond acceptors (Lipinski definition) is 5. The molecule has 0 saturated heterocycles. The average Bonchev–Trinajstić information content (AvgIpc) is 2.63. The third kappa shape index (κ3) is 6.86. The van der Waals surface area contributed by atoms with Crippen molar-refractivity contribution < 1.29 is 23.8 Å². The van der Waals surface area contributed by atoms with Crippen LogP contribution in [0.1, 0.15) is 70.7 Å². The second-order valence-corrected chi connectivity index (χ2v) is 6.50. The number of esters is 1. The Morgan fingerprint density at radius 1 is 1.07 bits per heavy atom. The van der Waals surface area contributed by atoms with E-state index < -0.39 is 11.6 Å². The van der Waals surface area contributed by atoms with Gasteiger partial charge >= 0.3 is 5.97 Å². The molecule has 1 rings (SSSR count). The molecule has 0 bridgehead atoms. The van der Waals surface area contributed by atoms with E-state index in [0.717, 1.165) is 19.3 Å². The fourth-order valence-corrected chi connectivity index (χ4v) is 2.74. The van der Waals surface area contributed by atoms with Crippen LogP contribution in [0, 0.1) is 0 Å². The van der Waals surface area contributed by atoms with Crippen LogP contribution in [0.3, 0.4) is 0 Å². The molecule has 0 saturated carbocycles. The van der Waals surface area contributed by atoms with Crippen molar-refractivity contribution in [3.05, 3.63) is 23.8 Å². The molecule has 6 nitrogen and oxygen atoms in total. The van der Waals surface area contributed by atoms with Crippen LogP contribution in [0.4, 0.5) is 5.69 Å². The highest BCUT2D eigenvalue weighted by Gasteiger charge is 2.33. The van der Waals surface area contributed by atoms with E-state index in [2.05, 4.69) is 12.2 Å². The van der Waals surface area contributed by atoms with E-state index >= 15 is 0 Å². The summed E-state index contributed by atoms with van der Waals surface area (Å²) < 4.78 is 16.5. The van der Waals surface area contributed by atoms with Gasteiger partial charge in [0.15, 0.2) is 0 Å². The summed E-state index contributed by atoms with van der Waals surface area (Å²) in [6.45, 7) is 10.7. The fourth-order valence-electron chi connectivity index (χ4n) is 2.74. The highest BCUT2D eigenvalue weighted by Crippen LogP contribution is 2.26. The lowest BCUT2D eigenvalue weighted by atomic mass is 9.99. The van der Waals surface area contributed by atoms with Crippen LogP contribution in [0.2, 0.25) is 0 Å². The predicted octanol–water partition coefficient (Wildman–Crippen LogP) is 4.58. The van der Waals surface area contributed by atoms with Crippen LogP contribution in [0.25, 0.3) is 0 Å². The molecule has 0 aliphatic rings. The second kappa shape index (κ2) is 11.6. The number of benzene rings is 1. The zero-order chi connectivity index (χ0) is 20.3. The molecular weight excluding hydrogens is 346 g/mol. The Morgan fingerprint density at radius 3 is 2.41 bits per heavy atom. The summed E-state index contributed by atoms with van der Waals surface area (Å²) in [5.41, 5.74) is -0.101. The van der Waals surface area contributed by atoms with Crippen molar-refractivity contribution in [2.45, 2.75) is 65.9 Å². The van der Waals surface area contributed by atoms with Crippen LogP contribution in [0.15, 0.2) is 18.2 Å². The Hall–Kier alpha value is -2.08. The van der Waals surface area contributed by atoms with Crippen molar-refractivity contribution in [2.75, 3.05) is 25.1 Å². The molecule has 27 heavy (non-hydrogen) atoms. The van der Waals surface area contributed by atoms with Gasteiger partial charge in [-0.1, -0.05) is 26.7 Å². The van der Waals surface area contributed by atoms with Crippen molar-refractivity contribution in [2.24, 2.45) is 0 Å². The SMILES string of the molecule is CCCCOc1ccc(NC(=O)C(C)(CCC)OCC)cc1C(=O)OCC. The number of nitrogens with one attached hydrogen (secondary N) is 1. The van der Waals surface area contributed by atoms with Gasteiger partial charge in [-0.25, -0.2) is 4.79 Å². The number of ether oxygens (including phenoxy) is 3. The van der Waals surface area contributed by atoms with Crippen molar-refractivity contribution in [3.8, 4) is 5.75 Å².